The standard InChI is InChI=1S/C11H14BrClFNO2/c1-11(5-16,6-17)4-15-10-8(12)2-7(14)3-9(10)13/h2-3,15-17H,4-6H2,1H3. The van der Waals surface area contributed by atoms with Gasteiger partial charge in [-0.2, -0.15) is 0 Å². The lowest BCUT2D eigenvalue weighted by Crippen LogP contribution is -2.34. The average Bonchev–Trinajstić information content (AvgIpc) is 2.27. The minimum absolute atomic E-state index is 0.160. The van der Waals surface area contributed by atoms with E-state index in [4.69, 9.17) is 21.8 Å². The first-order valence-corrected chi connectivity index (χ1v) is 6.19. The summed E-state index contributed by atoms with van der Waals surface area (Å²) in [7, 11) is 0. The smallest absolute Gasteiger partial charge is 0.125 e. The lowest BCUT2D eigenvalue weighted by molar-refractivity contribution is 0.0806. The van der Waals surface area contributed by atoms with E-state index in [1.807, 2.05) is 0 Å². The van der Waals surface area contributed by atoms with E-state index in [9.17, 15) is 4.39 Å². The molecular weight excluding hydrogens is 312 g/mol. The van der Waals surface area contributed by atoms with Crippen molar-refractivity contribution in [3.05, 3.63) is 27.4 Å². The van der Waals surface area contributed by atoms with Crippen LogP contribution >= 0.6 is 27.5 Å². The van der Waals surface area contributed by atoms with Crippen LogP contribution in [0.2, 0.25) is 5.02 Å². The molecule has 1 rings (SSSR count). The van der Waals surface area contributed by atoms with Gasteiger partial charge in [0, 0.05) is 16.4 Å². The lowest BCUT2D eigenvalue weighted by atomic mass is 9.93. The summed E-state index contributed by atoms with van der Waals surface area (Å²) in [5, 5.41) is 21.5. The first kappa shape index (κ1) is 14.7. The molecule has 0 bridgehead atoms. The second-order valence-electron chi connectivity index (χ2n) is 4.22. The predicted octanol–water partition coefficient (Wildman–Crippen LogP) is 2.64. The molecule has 0 spiro atoms. The molecule has 0 heterocycles. The molecule has 3 nitrogen and oxygen atoms in total. The van der Waals surface area contributed by atoms with Crippen LogP contribution in [0.1, 0.15) is 6.92 Å². The fraction of sp³-hybridized carbons (Fsp3) is 0.455. The molecule has 0 unspecified atom stereocenters. The summed E-state index contributed by atoms with van der Waals surface area (Å²) in [4.78, 5) is 0. The van der Waals surface area contributed by atoms with Crippen LogP contribution in [0.25, 0.3) is 0 Å². The van der Waals surface area contributed by atoms with Crippen LogP contribution in [-0.4, -0.2) is 30.0 Å². The Hall–Kier alpha value is -0.360. The number of anilines is 1. The van der Waals surface area contributed by atoms with Crippen molar-refractivity contribution in [3.63, 3.8) is 0 Å². The highest BCUT2D eigenvalue weighted by molar-refractivity contribution is 9.10. The van der Waals surface area contributed by atoms with Gasteiger partial charge in [-0.25, -0.2) is 4.39 Å². The second-order valence-corrected chi connectivity index (χ2v) is 5.49. The molecular formula is C11H14BrClFNO2. The van der Waals surface area contributed by atoms with E-state index in [1.165, 1.54) is 12.1 Å². The monoisotopic (exact) mass is 325 g/mol. The number of hydrogen-bond acceptors (Lipinski definition) is 3. The largest absolute Gasteiger partial charge is 0.396 e. The molecule has 0 amide bonds. The van der Waals surface area contributed by atoms with Crippen molar-refractivity contribution in [1.82, 2.24) is 0 Å². The zero-order chi connectivity index (χ0) is 13.1. The number of aliphatic hydroxyl groups is 2. The summed E-state index contributed by atoms with van der Waals surface area (Å²) >= 11 is 9.09. The molecule has 0 aliphatic carbocycles. The Morgan fingerprint density at radius 2 is 2.00 bits per heavy atom. The van der Waals surface area contributed by atoms with Gasteiger partial charge in [0.2, 0.25) is 0 Å². The first-order chi connectivity index (χ1) is 7.91. The molecule has 0 aliphatic rings. The first-order valence-electron chi connectivity index (χ1n) is 5.02. The third-order valence-corrected chi connectivity index (χ3v) is 3.39. The van der Waals surface area contributed by atoms with E-state index in [0.29, 0.717) is 16.7 Å². The fourth-order valence-electron chi connectivity index (χ4n) is 1.17. The van der Waals surface area contributed by atoms with Gasteiger partial charge in [-0.15, -0.1) is 0 Å². The maximum atomic E-state index is 13.0. The highest BCUT2D eigenvalue weighted by Crippen LogP contribution is 2.32. The Kier molecular flexibility index (Phi) is 5.19. The number of rotatable bonds is 5. The van der Waals surface area contributed by atoms with Gasteiger partial charge in [0.05, 0.1) is 23.9 Å². The zero-order valence-electron chi connectivity index (χ0n) is 9.30. The SMILES string of the molecule is CC(CO)(CO)CNc1c(Cl)cc(F)cc1Br. The molecule has 17 heavy (non-hydrogen) atoms. The van der Waals surface area contributed by atoms with E-state index in [1.54, 1.807) is 6.92 Å². The highest BCUT2D eigenvalue weighted by atomic mass is 79.9. The third kappa shape index (κ3) is 3.81. The number of benzene rings is 1. The fourth-order valence-corrected chi connectivity index (χ4v) is 2.13. The van der Waals surface area contributed by atoms with Gasteiger partial charge in [-0.1, -0.05) is 18.5 Å². The number of nitrogens with one attached hydrogen (secondary N) is 1. The van der Waals surface area contributed by atoms with Crippen molar-refractivity contribution in [2.24, 2.45) is 5.41 Å². The van der Waals surface area contributed by atoms with Crippen LogP contribution < -0.4 is 5.32 Å². The van der Waals surface area contributed by atoms with E-state index in [2.05, 4.69) is 21.2 Å². The number of hydrogen-bond donors (Lipinski definition) is 3. The van der Waals surface area contributed by atoms with Crippen LogP contribution in [0.3, 0.4) is 0 Å². The molecule has 0 aromatic heterocycles. The highest BCUT2D eigenvalue weighted by Gasteiger charge is 2.23. The van der Waals surface area contributed by atoms with E-state index in [-0.39, 0.29) is 18.2 Å². The minimum atomic E-state index is -0.656. The molecule has 3 N–H and O–H groups in total. The zero-order valence-corrected chi connectivity index (χ0v) is 11.6. The van der Waals surface area contributed by atoms with Gasteiger partial charge in [0.15, 0.2) is 0 Å². The average molecular weight is 327 g/mol. The second kappa shape index (κ2) is 6.00. The van der Waals surface area contributed by atoms with Crippen LogP contribution in [0, 0.1) is 11.2 Å². The molecule has 0 aliphatic heterocycles. The van der Waals surface area contributed by atoms with Gasteiger partial charge < -0.3 is 15.5 Å². The molecule has 96 valence electrons. The van der Waals surface area contributed by atoms with Crippen molar-refractivity contribution in [3.8, 4) is 0 Å². The number of halogens is 3. The summed E-state index contributed by atoms with van der Waals surface area (Å²) in [6.45, 7) is 1.73. The van der Waals surface area contributed by atoms with Crippen LogP contribution in [-0.2, 0) is 0 Å². The van der Waals surface area contributed by atoms with Gasteiger partial charge in [0.25, 0.3) is 0 Å². The molecule has 0 radical (unpaired) electrons. The molecule has 0 saturated carbocycles. The van der Waals surface area contributed by atoms with Gasteiger partial charge >= 0.3 is 0 Å². The summed E-state index contributed by atoms with van der Waals surface area (Å²) < 4.78 is 13.5. The Morgan fingerprint density at radius 1 is 1.41 bits per heavy atom. The summed E-state index contributed by atoms with van der Waals surface area (Å²) in [6.07, 6.45) is 0. The van der Waals surface area contributed by atoms with Crippen LogP contribution in [0.4, 0.5) is 10.1 Å². The molecule has 0 atom stereocenters. The van der Waals surface area contributed by atoms with Crippen LogP contribution in [0.5, 0.6) is 0 Å². The van der Waals surface area contributed by atoms with Gasteiger partial charge in [-0.05, 0) is 28.1 Å². The summed E-state index contributed by atoms with van der Waals surface area (Å²) in [5.74, 6) is -0.431. The predicted molar refractivity (Wildman–Crippen MR) is 69.9 cm³/mol. The van der Waals surface area contributed by atoms with E-state index >= 15 is 0 Å². The Balaban J connectivity index is 2.83. The molecule has 0 saturated heterocycles. The topological polar surface area (TPSA) is 52.5 Å². The van der Waals surface area contributed by atoms with Crippen molar-refractivity contribution in [2.45, 2.75) is 6.92 Å². The molecule has 1 aromatic rings. The lowest BCUT2D eigenvalue weighted by Gasteiger charge is -2.26. The normalized spacial score (nSPS) is 11.6. The molecule has 1 aromatic carbocycles. The minimum Gasteiger partial charge on any atom is -0.396 e. The van der Waals surface area contributed by atoms with E-state index < -0.39 is 11.2 Å². The van der Waals surface area contributed by atoms with Crippen molar-refractivity contribution in [2.75, 3.05) is 25.1 Å². The van der Waals surface area contributed by atoms with Crippen molar-refractivity contribution < 1.29 is 14.6 Å². The quantitative estimate of drug-likeness (QED) is 0.780. The van der Waals surface area contributed by atoms with Gasteiger partial charge in [-0.3, -0.25) is 0 Å². The van der Waals surface area contributed by atoms with Crippen molar-refractivity contribution >= 4 is 33.2 Å². The third-order valence-electron chi connectivity index (χ3n) is 2.46. The molecule has 0 fully saturated rings. The van der Waals surface area contributed by atoms with Crippen molar-refractivity contribution in [1.29, 1.82) is 0 Å². The maximum absolute atomic E-state index is 13.0. The Labute approximate surface area is 113 Å². The summed E-state index contributed by atoms with van der Waals surface area (Å²) in [6, 6.07) is 2.49. The number of aliphatic hydroxyl groups excluding tert-OH is 2. The summed E-state index contributed by atoms with van der Waals surface area (Å²) in [5.41, 5.74) is -0.113. The molecule has 6 heteroatoms. The maximum Gasteiger partial charge on any atom is 0.125 e. The Bertz CT molecular complexity index is 376. The van der Waals surface area contributed by atoms with E-state index in [0.717, 1.165) is 0 Å². The Morgan fingerprint density at radius 3 is 2.47 bits per heavy atom. The van der Waals surface area contributed by atoms with Crippen LogP contribution in [0.15, 0.2) is 16.6 Å². The van der Waals surface area contributed by atoms with Gasteiger partial charge in [0.1, 0.15) is 5.82 Å².